The Morgan fingerprint density at radius 2 is 1.81 bits per heavy atom. The first-order chi connectivity index (χ1) is 17.6. The van der Waals surface area contributed by atoms with E-state index in [1.807, 2.05) is 11.0 Å². The number of aromatic nitrogens is 2. The van der Waals surface area contributed by atoms with Gasteiger partial charge in [-0.3, -0.25) is 14.5 Å². The molecule has 2 fully saturated rings. The van der Waals surface area contributed by atoms with Crippen molar-refractivity contribution in [2.24, 2.45) is 5.10 Å². The van der Waals surface area contributed by atoms with Gasteiger partial charge < -0.3 is 18.9 Å². The minimum absolute atomic E-state index is 0.0745. The van der Waals surface area contributed by atoms with E-state index in [4.69, 9.17) is 14.0 Å². The second-order valence-corrected chi connectivity index (χ2v) is 9.70. The van der Waals surface area contributed by atoms with Gasteiger partial charge in [0.05, 0.1) is 0 Å². The molecule has 1 aromatic heterocycles. The predicted octanol–water partition coefficient (Wildman–Crippen LogP) is 2.27. The number of hydrogen-bond acceptors (Lipinski definition) is 9. The summed E-state index contributed by atoms with van der Waals surface area (Å²) in [4.78, 5) is 34.4. The highest BCUT2D eigenvalue weighted by Gasteiger charge is 2.31. The molecule has 0 unspecified atom stereocenters. The molecule has 0 radical (unpaired) electrons. The summed E-state index contributed by atoms with van der Waals surface area (Å²) < 4.78 is 16.2. The number of carbonyl (C=O) groups excluding carboxylic acids is 2. The maximum absolute atomic E-state index is 13.0. The Bertz CT molecular complexity index is 1170. The summed E-state index contributed by atoms with van der Waals surface area (Å²) in [5.74, 6) is 1.68. The first kappa shape index (κ1) is 23.0. The topological polar surface area (TPSA) is 114 Å². The molecule has 4 aliphatic rings. The number of fused-ring (bicyclic) bond motifs is 1. The molecule has 1 aromatic carbocycles. The molecular weight excluding hydrogens is 464 g/mol. The lowest BCUT2D eigenvalue weighted by Crippen LogP contribution is -2.54. The Balaban J connectivity index is 1.09. The fraction of sp³-hybridized carbons (Fsp3) is 0.560. The number of hydrogen-bond donors (Lipinski definition) is 0. The van der Waals surface area contributed by atoms with Gasteiger partial charge in [-0.15, -0.1) is 0 Å². The highest BCUT2D eigenvalue weighted by Crippen LogP contribution is 2.35. The van der Waals surface area contributed by atoms with Crippen molar-refractivity contribution in [1.82, 2.24) is 24.9 Å². The lowest BCUT2D eigenvalue weighted by atomic mass is 9.94. The third-order valence-corrected chi connectivity index (χ3v) is 7.45. The molecule has 1 saturated heterocycles. The van der Waals surface area contributed by atoms with Crippen molar-refractivity contribution in [2.75, 3.05) is 39.5 Å². The van der Waals surface area contributed by atoms with Gasteiger partial charge in [0.2, 0.25) is 24.4 Å². The van der Waals surface area contributed by atoms with E-state index in [-0.39, 0.29) is 37.5 Å². The van der Waals surface area contributed by atoms with Gasteiger partial charge in [0.1, 0.15) is 12.3 Å². The molecule has 1 saturated carbocycles. The number of hydrazone groups is 1. The summed E-state index contributed by atoms with van der Waals surface area (Å²) in [6.45, 7) is 3.28. The van der Waals surface area contributed by atoms with Crippen LogP contribution in [0.15, 0.2) is 27.8 Å². The Morgan fingerprint density at radius 1 is 1.00 bits per heavy atom. The fourth-order valence-corrected chi connectivity index (χ4v) is 5.38. The largest absolute Gasteiger partial charge is 0.454 e. The van der Waals surface area contributed by atoms with Gasteiger partial charge in [-0.2, -0.15) is 10.1 Å². The molecule has 0 bridgehead atoms. The van der Waals surface area contributed by atoms with Crippen LogP contribution in [0.5, 0.6) is 11.5 Å². The van der Waals surface area contributed by atoms with Crippen molar-refractivity contribution in [3.8, 4) is 22.9 Å². The lowest BCUT2D eigenvalue weighted by Gasteiger charge is -2.41. The van der Waals surface area contributed by atoms with Crippen LogP contribution in [0.25, 0.3) is 11.4 Å². The van der Waals surface area contributed by atoms with Crippen molar-refractivity contribution in [3.05, 3.63) is 24.1 Å². The average Bonchev–Trinajstić information content (AvgIpc) is 3.60. The Morgan fingerprint density at radius 3 is 2.64 bits per heavy atom. The molecular formula is C25H30N6O5. The van der Waals surface area contributed by atoms with Crippen molar-refractivity contribution in [3.63, 3.8) is 0 Å². The molecule has 0 spiro atoms. The van der Waals surface area contributed by atoms with E-state index in [1.165, 1.54) is 37.1 Å². The second kappa shape index (κ2) is 9.88. The van der Waals surface area contributed by atoms with Crippen LogP contribution in [-0.4, -0.2) is 88.0 Å². The van der Waals surface area contributed by atoms with E-state index >= 15 is 0 Å². The smallest absolute Gasteiger partial charge is 0.274 e. The van der Waals surface area contributed by atoms with E-state index < -0.39 is 0 Å². The number of piperazine rings is 1. The van der Waals surface area contributed by atoms with Crippen LogP contribution in [0.3, 0.4) is 0 Å². The Labute approximate surface area is 209 Å². The van der Waals surface area contributed by atoms with Crippen LogP contribution in [0.2, 0.25) is 0 Å². The van der Waals surface area contributed by atoms with Crippen LogP contribution >= 0.6 is 0 Å². The van der Waals surface area contributed by atoms with Crippen LogP contribution in [0, 0.1) is 0 Å². The van der Waals surface area contributed by atoms with Crippen molar-refractivity contribution in [2.45, 2.75) is 51.0 Å². The highest BCUT2D eigenvalue weighted by molar-refractivity contribution is 6.01. The SMILES string of the molecule is O=C(CN1N=C(c2nc(-c3ccc4c(c3)OCO4)no2)CCC1=O)N1CCN(C2CCCCC2)CC1. The van der Waals surface area contributed by atoms with E-state index in [0.29, 0.717) is 48.6 Å². The number of ether oxygens (including phenoxy) is 2. The molecule has 0 atom stereocenters. The first-order valence-electron chi connectivity index (χ1n) is 12.8. The molecule has 36 heavy (non-hydrogen) atoms. The Kier molecular flexibility index (Phi) is 6.30. The zero-order chi connectivity index (χ0) is 24.5. The maximum Gasteiger partial charge on any atom is 0.274 e. The standard InChI is InChI=1S/C25H30N6O5/c32-22-9-7-19(25-26-24(28-36-25)17-6-8-20-21(14-17)35-16-34-20)27-31(22)15-23(33)30-12-10-29(11-13-30)18-4-2-1-3-5-18/h6,8,14,18H,1-5,7,9-13,15-16H2. The lowest BCUT2D eigenvalue weighted by molar-refractivity contribution is -0.142. The van der Waals surface area contributed by atoms with E-state index in [2.05, 4.69) is 20.1 Å². The van der Waals surface area contributed by atoms with Crippen molar-refractivity contribution >= 4 is 17.5 Å². The minimum atomic E-state index is -0.177. The Hall–Kier alpha value is -3.47. The molecule has 3 aliphatic heterocycles. The minimum Gasteiger partial charge on any atom is -0.454 e. The summed E-state index contributed by atoms with van der Waals surface area (Å²) in [7, 11) is 0. The van der Waals surface area contributed by atoms with Crippen LogP contribution in [-0.2, 0) is 9.59 Å². The molecule has 11 nitrogen and oxygen atoms in total. The summed E-state index contributed by atoms with van der Waals surface area (Å²) in [6, 6.07) is 6.08. The predicted molar refractivity (Wildman–Crippen MR) is 128 cm³/mol. The summed E-state index contributed by atoms with van der Waals surface area (Å²) >= 11 is 0. The molecule has 1 aliphatic carbocycles. The summed E-state index contributed by atoms with van der Waals surface area (Å²) in [5, 5.41) is 9.74. The first-order valence-corrected chi connectivity index (χ1v) is 12.8. The monoisotopic (exact) mass is 494 g/mol. The van der Waals surface area contributed by atoms with E-state index in [0.717, 1.165) is 18.7 Å². The third-order valence-electron chi connectivity index (χ3n) is 7.45. The van der Waals surface area contributed by atoms with E-state index in [9.17, 15) is 9.59 Å². The molecule has 2 aromatic rings. The average molecular weight is 495 g/mol. The van der Waals surface area contributed by atoms with Gasteiger partial charge in [0.15, 0.2) is 11.5 Å². The number of amides is 2. The van der Waals surface area contributed by atoms with Gasteiger partial charge >= 0.3 is 0 Å². The normalized spacial score (nSPS) is 21.1. The molecule has 2 amide bonds. The van der Waals surface area contributed by atoms with Gasteiger partial charge in [-0.1, -0.05) is 24.4 Å². The second-order valence-electron chi connectivity index (χ2n) is 9.70. The molecule has 190 valence electrons. The molecule has 4 heterocycles. The molecule has 0 N–H and O–H groups in total. The molecule has 6 rings (SSSR count). The number of benzene rings is 1. The fourth-order valence-electron chi connectivity index (χ4n) is 5.38. The van der Waals surface area contributed by atoms with Crippen LogP contribution < -0.4 is 9.47 Å². The third kappa shape index (κ3) is 4.67. The zero-order valence-electron chi connectivity index (χ0n) is 20.2. The van der Waals surface area contributed by atoms with Gasteiger partial charge in [0.25, 0.3) is 5.89 Å². The van der Waals surface area contributed by atoms with Gasteiger partial charge in [-0.05, 0) is 31.0 Å². The van der Waals surface area contributed by atoms with Crippen LogP contribution in [0.4, 0.5) is 0 Å². The van der Waals surface area contributed by atoms with Gasteiger partial charge in [-0.25, -0.2) is 5.01 Å². The summed E-state index contributed by atoms with van der Waals surface area (Å²) in [5.41, 5.74) is 1.23. The van der Waals surface area contributed by atoms with Gasteiger partial charge in [0, 0.05) is 50.6 Å². The van der Waals surface area contributed by atoms with Crippen LogP contribution in [0.1, 0.15) is 50.8 Å². The quantitative estimate of drug-likeness (QED) is 0.622. The molecule has 11 heteroatoms. The number of carbonyl (C=O) groups is 2. The van der Waals surface area contributed by atoms with Crippen molar-refractivity contribution in [1.29, 1.82) is 0 Å². The zero-order valence-corrected chi connectivity index (χ0v) is 20.2. The van der Waals surface area contributed by atoms with E-state index in [1.54, 1.807) is 12.1 Å². The highest BCUT2D eigenvalue weighted by atomic mass is 16.7. The number of nitrogens with zero attached hydrogens (tertiary/aromatic N) is 6. The maximum atomic E-state index is 13.0. The van der Waals surface area contributed by atoms with Crippen molar-refractivity contribution < 1.29 is 23.6 Å². The summed E-state index contributed by atoms with van der Waals surface area (Å²) in [6.07, 6.45) is 7.10. The number of rotatable bonds is 5.